The summed E-state index contributed by atoms with van der Waals surface area (Å²) in [5, 5.41) is 4.65. The lowest BCUT2D eigenvalue weighted by atomic mass is 10.1. The number of aryl methyl sites for hydroxylation is 1. The molecule has 4 nitrogen and oxygen atoms in total. The standard InChI is InChI=1S/C15H24N4S/c1-4-11(3)19-9-8-12(18-19)10-14(17-16)15-7-6-13(5-2)20-15/h6-9,11,14,17H,4-5,10,16H2,1-3H3. The largest absolute Gasteiger partial charge is 0.271 e. The van der Waals surface area contributed by atoms with Gasteiger partial charge in [-0.2, -0.15) is 5.10 Å². The number of nitrogens with two attached hydrogens (primary N) is 1. The van der Waals surface area contributed by atoms with E-state index < -0.39 is 0 Å². The van der Waals surface area contributed by atoms with Crippen LogP contribution in [0.15, 0.2) is 24.4 Å². The minimum absolute atomic E-state index is 0.139. The maximum atomic E-state index is 5.72. The fourth-order valence-corrected chi connectivity index (χ4v) is 3.15. The second kappa shape index (κ2) is 7.02. The highest BCUT2D eigenvalue weighted by atomic mass is 32.1. The first-order valence-electron chi connectivity index (χ1n) is 7.26. The van der Waals surface area contributed by atoms with E-state index in [4.69, 9.17) is 5.84 Å². The first-order chi connectivity index (χ1) is 9.67. The average Bonchev–Trinajstić information content (AvgIpc) is 3.12. The Kier molecular flexibility index (Phi) is 5.34. The van der Waals surface area contributed by atoms with Gasteiger partial charge in [0.05, 0.1) is 11.7 Å². The molecule has 0 bridgehead atoms. The zero-order chi connectivity index (χ0) is 14.5. The molecule has 0 fully saturated rings. The molecular formula is C15H24N4S. The predicted octanol–water partition coefficient (Wildman–Crippen LogP) is 3.23. The molecule has 0 aromatic carbocycles. The SMILES string of the molecule is CCc1ccc(C(Cc2ccn(C(C)CC)n2)NN)s1. The van der Waals surface area contributed by atoms with Crippen LogP contribution in [-0.2, 0) is 12.8 Å². The maximum absolute atomic E-state index is 5.72. The van der Waals surface area contributed by atoms with Crippen LogP contribution in [0.5, 0.6) is 0 Å². The zero-order valence-corrected chi connectivity index (χ0v) is 13.3. The molecule has 2 atom stereocenters. The molecule has 2 unspecified atom stereocenters. The van der Waals surface area contributed by atoms with Crippen molar-refractivity contribution in [2.45, 2.75) is 52.1 Å². The van der Waals surface area contributed by atoms with Crippen LogP contribution in [0.1, 0.15) is 54.7 Å². The summed E-state index contributed by atoms with van der Waals surface area (Å²) >= 11 is 1.83. The lowest BCUT2D eigenvalue weighted by Crippen LogP contribution is -2.29. The minimum atomic E-state index is 0.139. The first-order valence-corrected chi connectivity index (χ1v) is 8.08. The third-order valence-corrected chi connectivity index (χ3v) is 5.04. The molecule has 0 amide bonds. The monoisotopic (exact) mass is 292 g/mol. The van der Waals surface area contributed by atoms with E-state index in [1.807, 2.05) is 16.0 Å². The molecule has 0 saturated heterocycles. The zero-order valence-electron chi connectivity index (χ0n) is 12.5. The lowest BCUT2D eigenvalue weighted by molar-refractivity contribution is 0.467. The van der Waals surface area contributed by atoms with Crippen LogP contribution < -0.4 is 11.3 Å². The van der Waals surface area contributed by atoms with Gasteiger partial charge in [0.1, 0.15) is 0 Å². The number of nitrogens with one attached hydrogen (secondary N) is 1. The third kappa shape index (κ3) is 3.48. The molecule has 2 aromatic heterocycles. The van der Waals surface area contributed by atoms with E-state index in [0.29, 0.717) is 6.04 Å². The minimum Gasteiger partial charge on any atom is -0.271 e. The highest BCUT2D eigenvalue weighted by Gasteiger charge is 2.15. The van der Waals surface area contributed by atoms with Crippen LogP contribution in [0.4, 0.5) is 0 Å². The third-order valence-electron chi connectivity index (χ3n) is 3.69. The Morgan fingerprint density at radius 2 is 2.15 bits per heavy atom. The molecule has 20 heavy (non-hydrogen) atoms. The summed E-state index contributed by atoms with van der Waals surface area (Å²) in [4.78, 5) is 2.67. The highest BCUT2D eigenvalue weighted by Crippen LogP contribution is 2.25. The second-order valence-corrected chi connectivity index (χ2v) is 6.33. The highest BCUT2D eigenvalue weighted by molar-refractivity contribution is 7.12. The Balaban J connectivity index is 2.08. The molecule has 2 aromatic rings. The van der Waals surface area contributed by atoms with Crippen molar-refractivity contribution < 1.29 is 0 Å². The van der Waals surface area contributed by atoms with E-state index in [1.165, 1.54) is 9.75 Å². The molecule has 2 rings (SSSR count). The van der Waals surface area contributed by atoms with Crippen molar-refractivity contribution in [2.75, 3.05) is 0 Å². The van der Waals surface area contributed by atoms with Crippen LogP contribution >= 0.6 is 11.3 Å². The van der Waals surface area contributed by atoms with Crippen molar-refractivity contribution >= 4 is 11.3 Å². The van der Waals surface area contributed by atoms with E-state index in [2.05, 4.69) is 55.7 Å². The summed E-state index contributed by atoms with van der Waals surface area (Å²) < 4.78 is 2.04. The van der Waals surface area contributed by atoms with Gasteiger partial charge in [-0.1, -0.05) is 13.8 Å². The Labute approximate surface area is 125 Å². The van der Waals surface area contributed by atoms with Gasteiger partial charge in [0.15, 0.2) is 0 Å². The normalized spacial score (nSPS) is 14.4. The Morgan fingerprint density at radius 3 is 2.75 bits per heavy atom. The molecule has 0 aliphatic carbocycles. The van der Waals surface area contributed by atoms with Gasteiger partial charge in [0.2, 0.25) is 0 Å². The molecule has 0 spiro atoms. The van der Waals surface area contributed by atoms with Crippen molar-refractivity contribution in [1.82, 2.24) is 15.2 Å². The van der Waals surface area contributed by atoms with Gasteiger partial charge in [-0.3, -0.25) is 16.0 Å². The Bertz CT molecular complexity index is 531. The summed E-state index contributed by atoms with van der Waals surface area (Å²) in [5.74, 6) is 5.72. The van der Waals surface area contributed by atoms with Crippen LogP contribution in [0.2, 0.25) is 0 Å². The fourth-order valence-electron chi connectivity index (χ4n) is 2.14. The lowest BCUT2D eigenvalue weighted by Gasteiger charge is -2.13. The molecule has 2 heterocycles. The number of hydrazine groups is 1. The number of thiophene rings is 1. The van der Waals surface area contributed by atoms with Gasteiger partial charge in [-0.25, -0.2) is 0 Å². The quantitative estimate of drug-likeness (QED) is 0.608. The summed E-state index contributed by atoms with van der Waals surface area (Å²) in [7, 11) is 0. The molecule has 0 saturated carbocycles. The smallest absolute Gasteiger partial charge is 0.0644 e. The molecule has 0 radical (unpaired) electrons. The number of nitrogens with zero attached hydrogens (tertiary/aromatic N) is 2. The van der Waals surface area contributed by atoms with Crippen molar-refractivity contribution in [3.63, 3.8) is 0 Å². The number of rotatable bonds is 7. The van der Waals surface area contributed by atoms with Gasteiger partial charge in [0.25, 0.3) is 0 Å². The van der Waals surface area contributed by atoms with E-state index in [1.54, 1.807) is 0 Å². The molecule has 110 valence electrons. The fraction of sp³-hybridized carbons (Fsp3) is 0.533. The molecule has 3 N–H and O–H groups in total. The van der Waals surface area contributed by atoms with E-state index in [0.717, 1.165) is 25.0 Å². The second-order valence-electron chi connectivity index (χ2n) is 5.13. The summed E-state index contributed by atoms with van der Waals surface area (Å²) in [6, 6.07) is 7.02. The topological polar surface area (TPSA) is 55.9 Å². The molecule has 0 aliphatic heterocycles. The van der Waals surface area contributed by atoms with E-state index in [-0.39, 0.29) is 6.04 Å². The maximum Gasteiger partial charge on any atom is 0.0644 e. The Morgan fingerprint density at radius 1 is 1.35 bits per heavy atom. The predicted molar refractivity (Wildman–Crippen MR) is 84.7 cm³/mol. The molecule has 0 aliphatic rings. The molecular weight excluding hydrogens is 268 g/mol. The van der Waals surface area contributed by atoms with Crippen molar-refractivity contribution in [2.24, 2.45) is 5.84 Å². The summed E-state index contributed by atoms with van der Waals surface area (Å²) in [5.41, 5.74) is 4.00. The van der Waals surface area contributed by atoms with E-state index >= 15 is 0 Å². The number of hydrogen-bond acceptors (Lipinski definition) is 4. The van der Waals surface area contributed by atoms with Crippen LogP contribution in [0, 0.1) is 0 Å². The summed E-state index contributed by atoms with van der Waals surface area (Å²) in [6.07, 6.45) is 5.04. The summed E-state index contributed by atoms with van der Waals surface area (Å²) in [6.45, 7) is 6.53. The Hall–Kier alpha value is -1.17. The number of hydrogen-bond donors (Lipinski definition) is 2. The van der Waals surface area contributed by atoms with Gasteiger partial charge in [-0.15, -0.1) is 11.3 Å². The van der Waals surface area contributed by atoms with Gasteiger partial charge in [0, 0.05) is 28.4 Å². The van der Waals surface area contributed by atoms with Gasteiger partial charge < -0.3 is 0 Å². The average molecular weight is 292 g/mol. The van der Waals surface area contributed by atoms with Crippen LogP contribution in [0.25, 0.3) is 0 Å². The van der Waals surface area contributed by atoms with Crippen LogP contribution in [-0.4, -0.2) is 9.78 Å². The number of aromatic nitrogens is 2. The van der Waals surface area contributed by atoms with Crippen molar-refractivity contribution in [3.8, 4) is 0 Å². The van der Waals surface area contributed by atoms with Crippen LogP contribution in [0.3, 0.4) is 0 Å². The van der Waals surface area contributed by atoms with Gasteiger partial charge in [-0.05, 0) is 38.0 Å². The van der Waals surface area contributed by atoms with Gasteiger partial charge >= 0.3 is 0 Å². The van der Waals surface area contributed by atoms with E-state index in [9.17, 15) is 0 Å². The van der Waals surface area contributed by atoms with Crippen molar-refractivity contribution in [1.29, 1.82) is 0 Å². The molecule has 5 heteroatoms. The van der Waals surface area contributed by atoms with Crippen molar-refractivity contribution in [3.05, 3.63) is 39.8 Å². The first kappa shape index (κ1) is 15.2.